The molecule has 0 aliphatic carbocycles. The van der Waals surface area contributed by atoms with Gasteiger partial charge in [-0.15, -0.1) is 0 Å². The Labute approximate surface area is 157 Å². The Hall–Kier alpha value is -2.63. The number of fused-ring (bicyclic) bond motifs is 1. The van der Waals surface area contributed by atoms with Crippen LogP contribution in [-0.2, 0) is 14.3 Å². The van der Waals surface area contributed by atoms with Crippen LogP contribution in [0.2, 0.25) is 0 Å². The van der Waals surface area contributed by atoms with Gasteiger partial charge in [0.1, 0.15) is 11.8 Å². The lowest BCUT2D eigenvalue weighted by molar-refractivity contribution is -0.138. The number of aromatic nitrogens is 2. The number of rotatable bonds is 3. The zero-order valence-electron chi connectivity index (χ0n) is 15.3. The molecule has 4 heterocycles. The summed E-state index contributed by atoms with van der Waals surface area (Å²) in [5.74, 6) is -0.0726. The van der Waals surface area contributed by atoms with E-state index in [1.807, 2.05) is 19.1 Å². The number of morpholine rings is 1. The monoisotopic (exact) mass is 369 g/mol. The van der Waals surface area contributed by atoms with Gasteiger partial charge in [-0.1, -0.05) is 0 Å². The Balaban J connectivity index is 1.53. The van der Waals surface area contributed by atoms with E-state index < -0.39 is 6.10 Å². The van der Waals surface area contributed by atoms with E-state index in [0.29, 0.717) is 32.0 Å². The number of hydrogen-bond donors (Lipinski definition) is 1. The van der Waals surface area contributed by atoms with Crippen molar-refractivity contribution in [2.45, 2.75) is 38.0 Å². The van der Waals surface area contributed by atoms with Crippen molar-refractivity contribution in [3.8, 4) is 6.07 Å². The van der Waals surface area contributed by atoms with Gasteiger partial charge in [0.2, 0.25) is 0 Å². The zero-order valence-corrected chi connectivity index (χ0v) is 15.3. The van der Waals surface area contributed by atoms with E-state index in [2.05, 4.69) is 21.4 Å². The van der Waals surface area contributed by atoms with Crippen LogP contribution in [0.5, 0.6) is 0 Å². The molecule has 2 fully saturated rings. The summed E-state index contributed by atoms with van der Waals surface area (Å²) in [5.41, 5.74) is 2.28. The largest absolute Gasteiger partial charge is 0.381 e. The average molecular weight is 369 g/mol. The smallest absolute Gasteiger partial charge is 0.251 e. The summed E-state index contributed by atoms with van der Waals surface area (Å²) in [6.07, 6.45) is 2.74. The van der Waals surface area contributed by atoms with Crippen LogP contribution in [0, 0.1) is 11.3 Å². The maximum atomic E-state index is 12.7. The van der Waals surface area contributed by atoms with Gasteiger partial charge in [-0.2, -0.15) is 10.4 Å². The molecule has 4 rings (SSSR count). The van der Waals surface area contributed by atoms with Gasteiger partial charge >= 0.3 is 0 Å². The summed E-state index contributed by atoms with van der Waals surface area (Å²) in [5, 5.41) is 16.6. The molecule has 2 aromatic heterocycles. The molecule has 142 valence electrons. The first-order chi connectivity index (χ1) is 13.2. The van der Waals surface area contributed by atoms with Crippen molar-refractivity contribution < 1.29 is 14.3 Å². The molecule has 0 unspecified atom stereocenters. The van der Waals surface area contributed by atoms with Crippen LogP contribution in [0.4, 0.5) is 5.69 Å². The molecule has 2 aromatic rings. The predicted molar refractivity (Wildman–Crippen MR) is 98.4 cm³/mol. The zero-order chi connectivity index (χ0) is 18.8. The lowest BCUT2D eigenvalue weighted by Crippen LogP contribution is -2.54. The number of nitriles is 1. The van der Waals surface area contributed by atoms with Gasteiger partial charge < -0.3 is 19.7 Å². The third-order valence-electron chi connectivity index (χ3n) is 5.11. The van der Waals surface area contributed by atoms with Gasteiger partial charge in [-0.25, -0.2) is 4.52 Å². The van der Waals surface area contributed by atoms with E-state index in [-0.39, 0.29) is 18.1 Å². The second kappa shape index (κ2) is 7.55. The fraction of sp³-hybridized carbons (Fsp3) is 0.526. The van der Waals surface area contributed by atoms with Crippen molar-refractivity contribution in [2.24, 2.45) is 0 Å². The van der Waals surface area contributed by atoms with Crippen LogP contribution >= 0.6 is 0 Å². The molecular weight excluding hydrogens is 346 g/mol. The highest BCUT2D eigenvalue weighted by Crippen LogP contribution is 2.26. The molecule has 1 amide bonds. The van der Waals surface area contributed by atoms with Crippen LogP contribution in [0.1, 0.15) is 25.5 Å². The molecule has 0 bridgehead atoms. The minimum absolute atomic E-state index is 0.0726. The first-order valence-electron chi connectivity index (χ1n) is 9.31. The fourth-order valence-electron chi connectivity index (χ4n) is 3.78. The maximum absolute atomic E-state index is 12.7. The van der Waals surface area contributed by atoms with Gasteiger partial charge in [0, 0.05) is 25.8 Å². The number of carbonyl (C=O) groups excluding carboxylic acids is 1. The van der Waals surface area contributed by atoms with Crippen molar-refractivity contribution >= 4 is 17.1 Å². The van der Waals surface area contributed by atoms with Crippen LogP contribution in [0.3, 0.4) is 0 Å². The highest BCUT2D eigenvalue weighted by atomic mass is 16.5. The van der Waals surface area contributed by atoms with E-state index in [4.69, 9.17) is 9.47 Å². The fourth-order valence-corrected chi connectivity index (χ4v) is 3.78. The first kappa shape index (κ1) is 17.8. The van der Waals surface area contributed by atoms with Crippen molar-refractivity contribution in [1.29, 1.82) is 5.26 Å². The average Bonchev–Trinajstić information content (AvgIpc) is 3.17. The molecule has 2 atom stereocenters. The van der Waals surface area contributed by atoms with Crippen molar-refractivity contribution in [1.82, 2.24) is 14.9 Å². The number of anilines is 1. The standard InChI is InChI=1S/C19H23N5O3/c1-13-11-23(16-3-2-15(10-20)24-17(16)4-7-21-24)12-18(27-13)19(25)22-14-5-8-26-9-6-14/h2-4,7,13-14,18H,5-6,8-9,11-12H2,1H3,(H,22,25)/t13-,18-/m1/s1. The normalized spacial score (nSPS) is 23.9. The molecule has 0 radical (unpaired) electrons. The topological polar surface area (TPSA) is 91.9 Å². The molecule has 8 nitrogen and oxygen atoms in total. The maximum Gasteiger partial charge on any atom is 0.251 e. The highest BCUT2D eigenvalue weighted by Gasteiger charge is 2.32. The van der Waals surface area contributed by atoms with Gasteiger partial charge in [-0.05, 0) is 38.0 Å². The number of carbonyl (C=O) groups is 1. The van der Waals surface area contributed by atoms with E-state index in [9.17, 15) is 10.1 Å². The number of pyridine rings is 1. The van der Waals surface area contributed by atoms with E-state index in [1.165, 1.54) is 0 Å². The highest BCUT2D eigenvalue weighted by molar-refractivity contribution is 5.83. The van der Waals surface area contributed by atoms with Gasteiger partial charge in [0.25, 0.3) is 5.91 Å². The molecular formula is C19H23N5O3. The molecule has 1 N–H and O–H groups in total. The Morgan fingerprint density at radius 3 is 2.89 bits per heavy atom. The van der Waals surface area contributed by atoms with Crippen molar-refractivity contribution in [3.63, 3.8) is 0 Å². The Morgan fingerprint density at radius 1 is 1.30 bits per heavy atom. The Morgan fingerprint density at radius 2 is 2.11 bits per heavy atom. The number of ether oxygens (including phenoxy) is 2. The quantitative estimate of drug-likeness (QED) is 0.871. The third-order valence-corrected chi connectivity index (χ3v) is 5.11. The number of hydrogen-bond acceptors (Lipinski definition) is 6. The summed E-state index contributed by atoms with van der Waals surface area (Å²) in [6, 6.07) is 7.86. The van der Waals surface area contributed by atoms with Gasteiger partial charge in [0.05, 0.1) is 30.0 Å². The molecule has 2 aliphatic rings. The van der Waals surface area contributed by atoms with Gasteiger partial charge in [0.15, 0.2) is 6.10 Å². The summed E-state index contributed by atoms with van der Waals surface area (Å²) < 4.78 is 12.9. The van der Waals surface area contributed by atoms with Crippen LogP contribution in [-0.4, -0.2) is 60.1 Å². The summed E-state index contributed by atoms with van der Waals surface area (Å²) in [7, 11) is 0. The molecule has 8 heteroatoms. The van der Waals surface area contributed by atoms with Crippen molar-refractivity contribution in [3.05, 3.63) is 30.1 Å². The number of amides is 1. The summed E-state index contributed by atoms with van der Waals surface area (Å²) in [4.78, 5) is 14.9. The van der Waals surface area contributed by atoms with E-state index >= 15 is 0 Å². The van der Waals surface area contributed by atoms with Crippen LogP contribution < -0.4 is 10.2 Å². The Kier molecular flexibility index (Phi) is 4.97. The number of nitrogens with one attached hydrogen (secondary N) is 1. The second-order valence-corrected chi connectivity index (χ2v) is 7.08. The SMILES string of the molecule is C[C@@H]1CN(c2ccc(C#N)n3nccc23)C[C@H](C(=O)NC2CCOCC2)O1. The lowest BCUT2D eigenvalue weighted by atomic mass is 10.1. The second-order valence-electron chi connectivity index (χ2n) is 7.08. The first-order valence-corrected chi connectivity index (χ1v) is 9.31. The van der Waals surface area contributed by atoms with Crippen LogP contribution in [0.15, 0.2) is 24.4 Å². The van der Waals surface area contributed by atoms with Crippen molar-refractivity contribution in [2.75, 3.05) is 31.2 Å². The molecule has 2 saturated heterocycles. The summed E-state index contributed by atoms with van der Waals surface area (Å²) >= 11 is 0. The Bertz CT molecular complexity index is 868. The molecule has 0 saturated carbocycles. The third kappa shape index (κ3) is 3.61. The molecule has 2 aliphatic heterocycles. The summed E-state index contributed by atoms with van der Waals surface area (Å²) in [6.45, 7) is 4.48. The lowest BCUT2D eigenvalue weighted by Gasteiger charge is -2.38. The van der Waals surface area contributed by atoms with Crippen LogP contribution in [0.25, 0.3) is 5.52 Å². The van der Waals surface area contributed by atoms with Gasteiger partial charge in [-0.3, -0.25) is 4.79 Å². The van der Waals surface area contributed by atoms with E-state index in [0.717, 1.165) is 24.0 Å². The predicted octanol–water partition coefficient (Wildman–Crippen LogP) is 1.09. The minimum atomic E-state index is -0.532. The van der Waals surface area contributed by atoms with E-state index in [1.54, 1.807) is 16.8 Å². The molecule has 0 aromatic carbocycles. The molecule has 0 spiro atoms. The molecule has 27 heavy (non-hydrogen) atoms. The number of nitrogens with zero attached hydrogens (tertiary/aromatic N) is 4. The minimum Gasteiger partial charge on any atom is -0.381 e.